The van der Waals surface area contributed by atoms with Gasteiger partial charge in [-0.25, -0.2) is 4.39 Å². The molecule has 0 saturated carbocycles. The van der Waals surface area contributed by atoms with Crippen LogP contribution in [0.3, 0.4) is 0 Å². The van der Waals surface area contributed by atoms with Crippen LogP contribution in [-0.2, 0) is 4.74 Å². The normalized spacial score (nSPS) is 26.9. The van der Waals surface area contributed by atoms with Crippen molar-refractivity contribution < 1.29 is 9.13 Å². The maximum absolute atomic E-state index is 13.8. The number of hydrogen-bond donors (Lipinski definition) is 1. The van der Waals surface area contributed by atoms with Crippen molar-refractivity contribution in [2.75, 3.05) is 11.9 Å². The summed E-state index contributed by atoms with van der Waals surface area (Å²) in [5.74, 6) is -0.108. The Balaban J connectivity index is 1.83. The molecule has 0 spiro atoms. The number of anilines is 1. The third-order valence-electron chi connectivity index (χ3n) is 4.45. The second-order valence-corrected chi connectivity index (χ2v) is 5.98. The van der Waals surface area contributed by atoms with Crippen molar-refractivity contribution in [3.8, 4) is 0 Å². The van der Waals surface area contributed by atoms with E-state index in [0.717, 1.165) is 17.7 Å². The molecule has 0 amide bonds. The molecule has 3 atom stereocenters. The van der Waals surface area contributed by atoms with Crippen LogP contribution in [0.4, 0.5) is 10.1 Å². The molecule has 2 aromatic carbocycles. The van der Waals surface area contributed by atoms with Gasteiger partial charge in [-0.05, 0) is 24.1 Å². The second-order valence-electron chi connectivity index (χ2n) is 5.60. The van der Waals surface area contributed by atoms with Gasteiger partial charge in [-0.15, -0.1) is 0 Å². The zero-order valence-electron chi connectivity index (χ0n) is 11.4. The largest absolute Gasteiger partial charge is 0.377 e. The Morgan fingerprint density at radius 1 is 1.14 bits per heavy atom. The van der Waals surface area contributed by atoms with Gasteiger partial charge in [-0.2, -0.15) is 0 Å². The van der Waals surface area contributed by atoms with Crippen molar-refractivity contribution >= 4 is 17.3 Å². The molecule has 0 bridgehead atoms. The minimum atomic E-state index is -0.385. The Kier molecular flexibility index (Phi) is 3.12. The summed E-state index contributed by atoms with van der Waals surface area (Å²) in [6, 6.07) is 13.6. The Bertz CT molecular complexity index is 676. The highest BCUT2D eigenvalue weighted by atomic mass is 35.5. The first kappa shape index (κ1) is 13.1. The maximum Gasteiger partial charge on any atom is 0.142 e. The predicted octanol–water partition coefficient (Wildman–Crippen LogP) is 4.72. The maximum atomic E-state index is 13.8. The molecule has 2 heterocycles. The van der Waals surface area contributed by atoms with Gasteiger partial charge in [0.15, 0.2) is 0 Å². The average molecular weight is 304 g/mol. The van der Waals surface area contributed by atoms with Crippen molar-refractivity contribution in [2.24, 2.45) is 5.92 Å². The van der Waals surface area contributed by atoms with Gasteiger partial charge in [0.2, 0.25) is 0 Å². The van der Waals surface area contributed by atoms with E-state index < -0.39 is 0 Å². The molecule has 2 nitrogen and oxygen atoms in total. The Morgan fingerprint density at radius 2 is 1.95 bits per heavy atom. The fourth-order valence-electron chi connectivity index (χ4n) is 3.48. The third kappa shape index (κ3) is 2.03. The minimum Gasteiger partial charge on any atom is -0.377 e. The molecule has 21 heavy (non-hydrogen) atoms. The zero-order chi connectivity index (χ0) is 14.4. The molecule has 2 aromatic rings. The highest BCUT2D eigenvalue weighted by Gasteiger charge is 2.42. The molecule has 0 unspecified atom stereocenters. The third-order valence-corrected chi connectivity index (χ3v) is 4.84. The van der Waals surface area contributed by atoms with E-state index >= 15 is 0 Å². The predicted molar refractivity (Wildman–Crippen MR) is 81.0 cm³/mol. The second kappa shape index (κ2) is 5.00. The van der Waals surface area contributed by atoms with E-state index in [4.69, 9.17) is 16.3 Å². The quantitative estimate of drug-likeness (QED) is 0.823. The smallest absolute Gasteiger partial charge is 0.142 e. The van der Waals surface area contributed by atoms with Gasteiger partial charge in [-0.3, -0.25) is 0 Å². The lowest BCUT2D eigenvalue weighted by Gasteiger charge is -2.37. The Hall–Kier alpha value is -1.58. The lowest BCUT2D eigenvalue weighted by Crippen LogP contribution is -2.29. The van der Waals surface area contributed by atoms with Crippen LogP contribution in [0.1, 0.15) is 29.7 Å². The number of benzene rings is 2. The molecule has 0 aromatic heterocycles. The van der Waals surface area contributed by atoms with E-state index in [0.29, 0.717) is 6.61 Å². The van der Waals surface area contributed by atoms with E-state index in [1.165, 1.54) is 11.6 Å². The van der Waals surface area contributed by atoms with Gasteiger partial charge in [0.25, 0.3) is 0 Å². The van der Waals surface area contributed by atoms with Gasteiger partial charge < -0.3 is 10.1 Å². The van der Waals surface area contributed by atoms with Crippen LogP contribution in [-0.4, -0.2) is 6.61 Å². The van der Waals surface area contributed by atoms with Crippen molar-refractivity contribution in [3.63, 3.8) is 0 Å². The molecule has 1 saturated heterocycles. The van der Waals surface area contributed by atoms with Crippen LogP contribution in [0.5, 0.6) is 0 Å². The molecule has 108 valence electrons. The van der Waals surface area contributed by atoms with Gasteiger partial charge in [0.05, 0.1) is 17.2 Å². The van der Waals surface area contributed by atoms with E-state index in [2.05, 4.69) is 17.4 Å². The fourth-order valence-corrected chi connectivity index (χ4v) is 3.75. The summed E-state index contributed by atoms with van der Waals surface area (Å²) in [5.41, 5.74) is 2.87. The van der Waals surface area contributed by atoms with Gasteiger partial charge in [0, 0.05) is 23.8 Å². The number of hydrogen-bond acceptors (Lipinski definition) is 2. The molecule has 0 aliphatic carbocycles. The monoisotopic (exact) mass is 303 g/mol. The summed E-state index contributed by atoms with van der Waals surface area (Å²) in [5, 5.41) is 3.71. The molecule has 2 aliphatic heterocycles. The number of halogens is 2. The van der Waals surface area contributed by atoms with E-state index in [1.54, 1.807) is 6.07 Å². The van der Waals surface area contributed by atoms with Crippen molar-refractivity contribution in [2.45, 2.75) is 18.6 Å². The van der Waals surface area contributed by atoms with Crippen LogP contribution in [0.2, 0.25) is 5.02 Å². The standard InChI is InChI=1S/C17H15ClFNO/c18-15-12(19)6-7-13-14(15)17-11(8-9-21-17)16(20-13)10-4-2-1-3-5-10/h1-7,11,16-17,20H,8-9H2/t11-,16-,17-/m1/s1. The summed E-state index contributed by atoms with van der Waals surface area (Å²) >= 11 is 6.18. The number of nitrogens with one attached hydrogen (secondary N) is 1. The molecular weight excluding hydrogens is 289 g/mol. The van der Waals surface area contributed by atoms with Crippen molar-refractivity contribution in [3.05, 3.63) is 64.4 Å². The molecule has 4 rings (SSSR count). The van der Waals surface area contributed by atoms with Crippen LogP contribution in [0, 0.1) is 11.7 Å². The van der Waals surface area contributed by atoms with Crippen LogP contribution in [0.15, 0.2) is 42.5 Å². The zero-order valence-corrected chi connectivity index (χ0v) is 12.1. The fraction of sp³-hybridized carbons (Fsp3) is 0.294. The number of fused-ring (bicyclic) bond motifs is 3. The molecular formula is C17H15ClFNO. The van der Waals surface area contributed by atoms with Crippen LogP contribution < -0.4 is 5.32 Å². The topological polar surface area (TPSA) is 21.3 Å². The summed E-state index contributed by atoms with van der Waals surface area (Å²) in [7, 11) is 0. The van der Waals surface area contributed by atoms with Gasteiger partial charge >= 0.3 is 0 Å². The van der Waals surface area contributed by atoms with Crippen LogP contribution >= 0.6 is 11.6 Å². The first-order chi connectivity index (χ1) is 10.3. The Morgan fingerprint density at radius 3 is 2.76 bits per heavy atom. The molecule has 4 heteroatoms. The van der Waals surface area contributed by atoms with Gasteiger partial charge in [-0.1, -0.05) is 41.9 Å². The van der Waals surface area contributed by atoms with Gasteiger partial charge in [0.1, 0.15) is 5.82 Å². The molecule has 2 aliphatic rings. The first-order valence-corrected chi connectivity index (χ1v) is 7.54. The van der Waals surface area contributed by atoms with Crippen LogP contribution in [0.25, 0.3) is 0 Å². The molecule has 1 N–H and O–H groups in total. The van der Waals surface area contributed by atoms with E-state index in [-0.39, 0.29) is 28.9 Å². The summed E-state index contributed by atoms with van der Waals surface area (Å²) in [4.78, 5) is 0. The summed E-state index contributed by atoms with van der Waals surface area (Å²) in [6.07, 6.45) is 0.818. The summed E-state index contributed by atoms with van der Waals surface area (Å²) < 4.78 is 19.6. The number of rotatable bonds is 1. The number of ether oxygens (including phenoxy) is 1. The lowest BCUT2D eigenvalue weighted by atomic mass is 9.81. The van der Waals surface area contributed by atoms with Crippen molar-refractivity contribution in [1.29, 1.82) is 0 Å². The average Bonchev–Trinajstić information content (AvgIpc) is 3.00. The lowest BCUT2D eigenvalue weighted by molar-refractivity contribution is 0.0827. The van der Waals surface area contributed by atoms with Crippen molar-refractivity contribution in [1.82, 2.24) is 0 Å². The SMILES string of the molecule is Fc1ccc2c(c1Cl)[C@@H]1OCC[C@@H]1[C@@H](c1ccccc1)N2. The minimum absolute atomic E-state index is 0.130. The Labute approximate surface area is 127 Å². The highest BCUT2D eigenvalue weighted by molar-refractivity contribution is 6.32. The molecule has 1 fully saturated rings. The van der Waals surface area contributed by atoms with E-state index in [9.17, 15) is 4.39 Å². The summed E-state index contributed by atoms with van der Waals surface area (Å²) in [6.45, 7) is 0.687. The first-order valence-electron chi connectivity index (χ1n) is 7.16. The molecule has 0 radical (unpaired) electrons. The highest BCUT2D eigenvalue weighted by Crippen LogP contribution is 2.52. The van der Waals surface area contributed by atoms with E-state index in [1.807, 2.05) is 18.2 Å².